The van der Waals surface area contributed by atoms with Crippen molar-refractivity contribution in [3.05, 3.63) is 24.2 Å². The monoisotopic (exact) mass is 194 g/mol. The van der Waals surface area contributed by atoms with Crippen molar-refractivity contribution in [1.82, 2.24) is 15.2 Å². The van der Waals surface area contributed by atoms with Crippen LogP contribution in [0, 0.1) is 0 Å². The third kappa shape index (κ3) is 1.52. The Morgan fingerprint density at radius 1 is 1.57 bits per heavy atom. The molecule has 4 N–H and O–H groups in total. The van der Waals surface area contributed by atoms with E-state index in [-0.39, 0.29) is 12.5 Å². The van der Waals surface area contributed by atoms with Gasteiger partial charge in [-0.1, -0.05) is 0 Å². The van der Waals surface area contributed by atoms with E-state index >= 15 is 0 Å². The lowest BCUT2D eigenvalue weighted by Gasteiger charge is -1.99. The number of nitrogens with two attached hydrogens (primary N) is 1. The number of H-pyrrole nitrogens is 1. The van der Waals surface area contributed by atoms with Crippen LogP contribution in [0.4, 0.5) is 0 Å². The van der Waals surface area contributed by atoms with Crippen LogP contribution in [-0.2, 0) is 0 Å². The molecule has 0 aliphatic carbocycles. The van der Waals surface area contributed by atoms with Gasteiger partial charge in [0.15, 0.2) is 0 Å². The zero-order chi connectivity index (χ0) is 9.97. The van der Waals surface area contributed by atoms with Gasteiger partial charge in [-0.3, -0.25) is 0 Å². The van der Waals surface area contributed by atoms with Crippen molar-refractivity contribution in [3.63, 3.8) is 0 Å². The smallest absolute Gasteiger partial charge is 0.264 e. The molecule has 14 heavy (non-hydrogen) atoms. The summed E-state index contributed by atoms with van der Waals surface area (Å²) >= 11 is 0. The van der Waals surface area contributed by atoms with Crippen molar-refractivity contribution >= 4 is 0 Å². The maximum atomic E-state index is 8.77. The summed E-state index contributed by atoms with van der Waals surface area (Å²) in [4.78, 5) is 2.92. The number of aromatic nitrogens is 3. The van der Waals surface area contributed by atoms with Crippen LogP contribution in [0.1, 0.15) is 11.9 Å². The van der Waals surface area contributed by atoms with Crippen LogP contribution >= 0.6 is 0 Å². The Balaban J connectivity index is 2.26. The quantitative estimate of drug-likeness (QED) is 0.641. The highest BCUT2D eigenvalue weighted by Gasteiger charge is 2.14. The van der Waals surface area contributed by atoms with Crippen LogP contribution in [0.5, 0.6) is 0 Å². The maximum absolute atomic E-state index is 8.77. The standard InChI is InChI=1S/C8H10N4O2/c9-5(4-13)7-11-12-8(14-7)6-2-1-3-10-6/h1-3,5,10,13H,4,9H2. The number of hydrogen-bond acceptors (Lipinski definition) is 5. The summed E-state index contributed by atoms with van der Waals surface area (Å²) in [7, 11) is 0. The molecule has 6 heteroatoms. The Labute approximate surface area is 79.8 Å². The second-order valence-electron chi connectivity index (χ2n) is 2.82. The third-order valence-electron chi connectivity index (χ3n) is 1.78. The van der Waals surface area contributed by atoms with Gasteiger partial charge in [-0.15, -0.1) is 10.2 Å². The molecule has 2 aromatic rings. The largest absolute Gasteiger partial charge is 0.418 e. The number of aliphatic hydroxyl groups excluding tert-OH is 1. The van der Waals surface area contributed by atoms with E-state index in [0.29, 0.717) is 5.89 Å². The van der Waals surface area contributed by atoms with Crippen molar-refractivity contribution in [3.8, 4) is 11.6 Å². The third-order valence-corrected chi connectivity index (χ3v) is 1.78. The first-order valence-corrected chi connectivity index (χ1v) is 4.15. The number of nitrogens with one attached hydrogen (secondary N) is 1. The molecule has 6 nitrogen and oxygen atoms in total. The summed E-state index contributed by atoms with van der Waals surface area (Å²) in [6, 6.07) is 3.01. The molecule has 74 valence electrons. The first-order chi connectivity index (χ1) is 6.81. The van der Waals surface area contributed by atoms with E-state index < -0.39 is 6.04 Å². The highest BCUT2D eigenvalue weighted by molar-refractivity contribution is 5.45. The molecule has 1 atom stereocenters. The molecule has 0 spiro atoms. The second kappa shape index (κ2) is 3.60. The van der Waals surface area contributed by atoms with Gasteiger partial charge in [0.1, 0.15) is 11.7 Å². The molecule has 0 fully saturated rings. The van der Waals surface area contributed by atoms with E-state index in [2.05, 4.69) is 15.2 Å². The number of hydrogen-bond donors (Lipinski definition) is 3. The van der Waals surface area contributed by atoms with Crippen LogP contribution < -0.4 is 5.73 Å². The number of rotatable bonds is 3. The molecule has 1 unspecified atom stereocenters. The summed E-state index contributed by atoms with van der Waals surface area (Å²) in [5, 5.41) is 16.3. The van der Waals surface area contributed by atoms with Gasteiger partial charge in [-0.2, -0.15) is 0 Å². The van der Waals surface area contributed by atoms with E-state index in [1.54, 1.807) is 6.20 Å². The first-order valence-electron chi connectivity index (χ1n) is 4.15. The maximum Gasteiger partial charge on any atom is 0.264 e. The van der Waals surface area contributed by atoms with E-state index in [1.165, 1.54) is 0 Å². The number of aliphatic hydroxyl groups is 1. The van der Waals surface area contributed by atoms with E-state index in [1.807, 2.05) is 12.1 Å². The minimum atomic E-state index is -0.619. The number of nitrogens with zero attached hydrogens (tertiary/aromatic N) is 2. The van der Waals surface area contributed by atoms with E-state index in [9.17, 15) is 0 Å². The zero-order valence-electron chi connectivity index (χ0n) is 7.34. The lowest BCUT2D eigenvalue weighted by molar-refractivity contribution is 0.248. The van der Waals surface area contributed by atoms with E-state index in [0.717, 1.165) is 5.69 Å². The molecule has 0 bridgehead atoms. The van der Waals surface area contributed by atoms with E-state index in [4.69, 9.17) is 15.3 Å². The van der Waals surface area contributed by atoms with Crippen LogP contribution in [0.25, 0.3) is 11.6 Å². The Kier molecular flexibility index (Phi) is 2.30. The average molecular weight is 194 g/mol. The fourth-order valence-corrected chi connectivity index (χ4v) is 1.03. The van der Waals surface area contributed by atoms with Crippen molar-refractivity contribution in [2.45, 2.75) is 6.04 Å². The van der Waals surface area contributed by atoms with Gasteiger partial charge in [0.25, 0.3) is 5.89 Å². The van der Waals surface area contributed by atoms with Crippen LogP contribution in [-0.4, -0.2) is 26.9 Å². The molecule has 2 heterocycles. The summed E-state index contributed by atoms with van der Waals surface area (Å²) in [6.07, 6.45) is 1.76. The minimum absolute atomic E-state index is 0.216. The summed E-state index contributed by atoms with van der Waals surface area (Å²) in [5.74, 6) is 0.603. The molecule has 0 radical (unpaired) electrons. The van der Waals surface area contributed by atoms with Gasteiger partial charge < -0.3 is 20.2 Å². The fourth-order valence-electron chi connectivity index (χ4n) is 1.03. The predicted molar refractivity (Wildman–Crippen MR) is 48.1 cm³/mol. The van der Waals surface area contributed by atoms with Gasteiger partial charge in [0, 0.05) is 6.20 Å². The molecule has 2 aromatic heterocycles. The van der Waals surface area contributed by atoms with Crippen molar-refractivity contribution in [2.75, 3.05) is 6.61 Å². The molecule has 0 aliphatic rings. The lowest BCUT2D eigenvalue weighted by atomic mass is 10.3. The topological polar surface area (TPSA) is 101 Å². The van der Waals surface area contributed by atoms with Crippen molar-refractivity contribution < 1.29 is 9.52 Å². The van der Waals surface area contributed by atoms with Gasteiger partial charge in [0.05, 0.1) is 6.61 Å². The highest BCUT2D eigenvalue weighted by atomic mass is 16.4. The Morgan fingerprint density at radius 2 is 2.43 bits per heavy atom. The lowest BCUT2D eigenvalue weighted by Crippen LogP contribution is -2.14. The normalized spacial score (nSPS) is 13.0. The van der Waals surface area contributed by atoms with Crippen molar-refractivity contribution in [2.24, 2.45) is 5.73 Å². The van der Waals surface area contributed by atoms with Gasteiger partial charge in [0.2, 0.25) is 5.89 Å². The predicted octanol–water partition coefficient (Wildman–Crippen LogP) is 0.0568. The summed E-state index contributed by atoms with van der Waals surface area (Å²) < 4.78 is 5.24. The Hall–Kier alpha value is -1.66. The summed E-state index contributed by atoms with van der Waals surface area (Å²) in [5.41, 5.74) is 6.23. The van der Waals surface area contributed by atoms with Gasteiger partial charge >= 0.3 is 0 Å². The molecule has 0 saturated heterocycles. The first kappa shape index (κ1) is 8.92. The SMILES string of the molecule is NC(CO)c1nnc(-c2ccc[nH]2)o1. The molecule has 2 rings (SSSR count). The zero-order valence-corrected chi connectivity index (χ0v) is 7.34. The van der Waals surface area contributed by atoms with Gasteiger partial charge in [-0.25, -0.2) is 0 Å². The molecule has 0 amide bonds. The van der Waals surface area contributed by atoms with Crippen molar-refractivity contribution in [1.29, 1.82) is 0 Å². The highest BCUT2D eigenvalue weighted by Crippen LogP contribution is 2.17. The van der Waals surface area contributed by atoms with Crippen LogP contribution in [0.2, 0.25) is 0 Å². The van der Waals surface area contributed by atoms with Gasteiger partial charge in [-0.05, 0) is 12.1 Å². The molecule has 0 aliphatic heterocycles. The second-order valence-corrected chi connectivity index (χ2v) is 2.82. The fraction of sp³-hybridized carbons (Fsp3) is 0.250. The Morgan fingerprint density at radius 3 is 3.07 bits per heavy atom. The van der Waals surface area contributed by atoms with Crippen LogP contribution in [0.3, 0.4) is 0 Å². The average Bonchev–Trinajstić information content (AvgIpc) is 2.86. The summed E-state index contributed by atoms with van der Waals surface area (Å²) in [6.45, 7) is -0.216. The number of aromatic amines is 1. The molecule has 0 saturated carbocycles. The molecular formula is C8H10N4O2. The van der Waals surface area contributed by atoms with Crippen LogP contribution in [0.15, 0.2) is 22.7 Å². The molecule has 0 aromatic carbocycles. The molecular weight excluding hydrogens is 184 g/mol. The minimum Gasteiger partial charge on any atom is -0.418 e. The Bertz CT molecular complexity index is 395.